The van der Waals surface area contributed by atoms with Crippen LogP contribution in [0.4, 0.5) is 0 Å². The maximum Gasteiger partial charge on any atom is 0.00671 e. The van der Waals surface area contributed by atoms with E-state index < -0.39 is 0 Å². The molecule has 1 saturated carbocycles. The number of allylic oxidation sites excluding steroid dienone is 1. The van der Waals surface area contributed by atoms with Gasteiger partial charge in [-0.1, -0.05) is 25.8 Å². The lowest BCUT2D eigenvalue weighted by Gasteiger charge is -2.15. The number of rotatable bonds is 5. The monoisotopic (exact) mass is 195 g/mol. The molecule has 1 fully saturated rings. The zero-order chi connectivity index (χ0) is 10.2. The smallest absolute Gasteiger partial charge is 0.00671 e. The van der Waals surface area contributed by atoms with Gasteiger partial charge in [0.15, 0.2) is 0 Å². The number of nitrogens with one attached hydrogen (secondary N) is 1. The van der Waals surface area contributed by atoms with E-state index in [1.54, 1.807) is 0 Å². The number of hydrogen-bond donors (Lipinski definition) is 1. The SMILES string of the molecule is C=CCCCNC1CCCC(C)CC1. The Morgan fingerprint density at radius 1 is 1.29 bits per heavy atom. The van der Waals surface area contributed by atoms with Gasteiger partial charge in [0.2, 0.25) is 0 Å². The third-order valence-electron chi connectivity index (χ3n) is 3.28. The highest BCUT2D eigenvalue weighted by Crippen LogP contribution is 2.22. The van der Waals surface area contributed by atoms with Gasteiger partial charge in [-0.05, 0) is 44.6 Å². The lowest BCUT2D eigenvalue weighted by Crippen LogP contribution is -2.29. The zero-order valence-electron chi connectivity index (χ0n) is 9.60. The van der Waals surface area contributed by atoms with Crippen molar-refractivity contribution in [3.63, 3.8) is 0 Å². The summed E-state index contributed by atoms with van der Waals surface area (Å²) >= 11 is 0. The molecule has 1 heteroatoms. The van der Waals surface area contributed by atoms with Crippen molar-refractivity contribution < 1.29 is 0 Å². The summed E-state index contributed by atoms with van der Waals surface area (Å²) in [6.07, 6.45) is 11.4. The topological polar surface area (TPSA) is 12.0 Å². The molecule has 1 rings (SSSR count). The molecule has 82 valence electrons. The highest BCUT2D eigenvalue weighted by atomic mass is 14.9. The number of hydrogen-bond acceptors (Lipinski definition) is 1. The Balaban J connectivity index is 2.08. The van der Waals surface area contributed by atoms with Crippen LogP contribution in [0.5, 0.6) is 0 Å². The lowest BCUT2D eigenvalue weighted by molar-refractivity contribution is 0.446. The third-order valence-corrected chi connectivity index (χ3v) is 3.28. The van der Waals surface area contributed by atoms with Gasteiger partial charge in [0, 0.05) is 6.04 Å². The van der Waals surface area contributed by atoms with Crippen LogP contribution in [0.2, 0.25) is 0 Å². The van der Waals surface area contributed by atoms with Crippen molar-refractivity contribution >= 4 is 0 Å². The molecule has 0 aromatic rings. The van der Waals surface area contributed by atoms with E-state index in [-0.39, 0.29) is 0 Å². The van der Waals surface area contributed by atoms with E-state index >= 15 is 0 Å². The summed E-state index contributed by atoms with van der Waals surface area (Å²) in [6, 6.07) is 0.796. The first kappa shape index (κ1) is 11.8. The Bertz CT molecular complexity index is 153. The van der Waals surface area contributed by atoms with Crippen molar-refractivity contribution in [2.75, 3.05) is 6.54 Å². The van der Waals surface area contributed by atoms with Crippen LogP contribution in [0.15, 0.2) is 12.7 Å². The van der Waals surface area contributed by atoms with E-state index in [9.17, 15) is 0 Å². The maximum atomic E-state index is 3.74. The average Bonchev–Trinajstić information content (AvgIpc) is 2.38. The molecule has 2 atom stereocenters. The van der Waals surface area contributed by atoms with Crippen LogP contribution in [-0.2, 0) is 0 Å². The van der Waals surface area contributed by atoms with Gasteiger partial charge < -0.3 is 5.32 Å². The molecule has 0 heterocycles. The Labute approximate surface area is 89.0 Å². The highest BCUT2D eigenvalue weighted by Gasteiger charge is 2.14. The largest absolute Gasteiger partial charge is 0.314 e. The molecule has 0 spiro atoms. The molecule has 1 nitrogen and oxygen atoms in total. The van der Waals surface area contributed by atoms with Gasteiger partial charge in [-0.2, -0.15) is 0 Å². The van der Waals surface area contributed by atoms with Gasteiger partial charge >= 0.3 is 0 Å². The summed E-state index contributed by atoms with van der Waals surface area (Å²) in [7, 11) is 0. The van der Waals surface area contributed by atoms with Crippen LogP contribution in [0.25, 0.3) is 0 Å². The maximum absolute atomic E-state index is 3.74. The first-order valence-corrected chi connectivity index (χ1v) is 6.17. The first-order valence-electron chi connectivity index (χ1n) is 6.17. The predicted molar refractivity (Wildman–Crippen MR) is 63.5 cm³/mol. The molecule has 0 aliphatic heterocycles. The van der Waals surface area contributed by atoms with Gasteiger partial charge in [0.1, 0.15) is 0 Å². The average molecular weight is 195 g/mol. The van der Waals surface area contributed by atoms with Crippen molar-refractivity contribution in [1.29, 1.82) is 0 Å². The molecular formula is C13H25N. The second kappa shape index (κ2) is 7.05. The summed E-state index contributed by atoms with van der Waals surface area (Å²) in [6.45, 7) is 7.30. The minimum Gasteiger partial charge on any atom is -0.314 e. The minimum absolute atomic E-state index is 0.796. The molecule has 0 radical (unpaired) electrons. The standard InChI is InChI=1S/C13H25N/c1-3-4-5-11-14-13-8-6-7-12(2)9-10-13/h3,12-14H,1,4-11H2,2H3. The molecule has 0 bridgehead atoms. The van der Waals surface area contributed by atoms with E-state index in [2.05, 4.69) is 18.8 Å². The molecule has 1 aliphatic rings. The molecule has 1 aliphatic carbocycles. The van der Waals surface area contributed by atoms with Crippen LogP contribution < -0.4 is 5.32 Å². The van der Waals surface area contributed by atoms with Crippen molar-refractivity contribution in [2.45, 2.75) is 57.9 Å². The molecule has 0 saturated heterocycles. The Morgan fingerprint density at radius 3 is 2.93 bits per heavy atom. The van der Waals surface area contributed by atoms with Gasteiger partial charge in [-0.15, -0.1) is 6.58 Å². The molecule has 0 aromatic heterocycles. The van der Waals surface area contributed by atoms with Crippen molar-refractivity contribution in [1.82, 2.24) is 5.32 Å². The summed E-state index contributed by atoms with van der Waals surface area (Å²) in [4.78, 5) is 0. The Kier molecular flexibility index (Phi) is 5.93. The van der Waals surface area contributed by atoms with Crippen LogP contribution >= 0.6 is 0 Å². The van der Waals surface area contributed by atoms with E-state index in [4.69, 9.17) is 0 Å². The second-order valence-electron chi connectivity index (χ2n) is 4.70. The highest BCUT2D eigenvalue weighted by molar-refractivity contribution is 4.74. The zero-order valence-corrected chi connectivity index (χ0v) is 9.60. The first-order chi connectivity index (χ1) is 6.83. The fourth-order valence-electron chi connectivity index (χ4n) is 2.24. The third kappa shape index (κ3) is 4.80. The molecule has 0 aromatic carbocycles. The minimum atomic E-state index is 0.796. The van der Waals surface area contributed by atoms with Crippen molar-refractivity contribution in [2.24, 2.45) is 5.92 Å². The van der Waals surface area contributed by atoms with E-state index in [0.717, 1.165) is 18.4 Å². The van der Waals surface area contributed by atoms with E-state index in [1.807, 2.05) is 6.08 Å². The Morgan fingerprint density at radius 2 is 2.14 bits per heavy atom. The lowest BCUT2D eigenvalue weighted by atomic mass is 10.0. The van der Waals surface area contributed by atoms with Crippen LogP contribution in [0.1, 0.15) is 51.9 Å². The van der Waals surface area contributed by atoms with Crippen molar-refractivity contribution in [3.05, 3.63) is 12.7 Å². The van der Waals surface area contributed by atoms with Crippen LogP contribution in [0, 0.1) is 5.92 Å². The normalized spacial score (nSPS) is 28.4. The molecule has 0 amide bonds. The van der Waals surface area contributed by atoms with Gasteiger partial charge in [0.25, 0.3) is 0 Å². The summed E-state index contributed by atoms with van der Waals surface area (Å²) in [5.41, 5.74) is 0. The van der Waals surface area contributed by atoms with Gasteiger partial charge in [0.05, 0.1) is 0 Å². The summed E-state index contributed by atoms with van der Waals surface area (Å²) in [5.74, 6) is 0.954. The van der Waals surface area contributed by atoms with Gasteiger partial charge in [-0.3, -0.25) is 0 Å². The second-order valence-corrected chi connectivity index (χ2v) is 4.70. The van der Waals surface area contributed by atoms with Crippen molar-refractivity contribution in [3.8, 4) is 0 Å². The van der Waals surface area contributed by atoms with Crippen LogP contribution in [-0.4, -0.2) is 12.6 Å². The van der Waals surface area contributed by atoms with Crippen LogP contribution in [0.3, 0.4) is 0 Å². The van der Waals surface area contributed by atoms with Gasteiger partial charge in [-0.25, -0.2) is 0 Å². The summed E-state index contributed by atoms with van der Waals surface area (Å²) in [5, 5.41) is 3.67. The van der Waals surface area contributed by atoms with E-state index in [1.165, 1.54) is 45.1 Å². The predicted octanol–water partition coefficient (Wildman–Crippen LogP) is 3.51. The molecule has 1 N–H and O–H groups in total. The molecule has 2 unspecified atom stereocenters. The fraction of sp³-hybridized carbons (Fsp3) is 0.846. The van der Waals surface area contributed by atoms with E-state index in [0.29, 0.717) is 0 Å². The molecular weight excluding hydrogens is 170 g/mol. The quantitative estimate of drug-likeness (QED) is 0.402. The fourth-order valence-corrected chi connectivity index (χ4v) is 2.24. The number of unbranched alkanes of at least 4 members (excludes halogenated alkanes) is 1. The Hall–Kier alpha value is -0.300. The molecule has 14 heavy (non-hydrogen) atoms. The summed E-state index contributed by atoms with van der Waals surface area (Å²) < 4.78 is 0.